The summed E-state index contributed by atoms with van der Waals surface area (Å²) in [6.45, 7) is 1.15. The third kappa shape index (κ3) is 5.10. The molecule has 2 aromatic carbocycles. The van der Waals surface area contributed by atoms with Gasteiger partial charge in [-0.15, -0.1) is 0 Å². The van der Waals surface area contributed by atoms with E-state index in [1.807, 2.05) is 18.2 Å². The third-order valence-electron chi connectivity index (χ3n) is 5.60. The topological polar surface area (TPSA) is 79.4 Å². The zero-order valence-corrected chi connectivity index (χ0v) is 20.5. The van der Waals surface area contributed by atoms with E-state index in [9.17, 15) is 4.79 Å². The summed E-state index contributed by atoms with van der Waals surface area (Å²) in [5.74, 6) is 2.08. The number of anilines is 1. The van der Waals surface area contributed by atoms with E-state index in [2.05, 4.69) is 0 Å². The van der Waals surface area contributed by atoms with Crippen LogP contribution in [-0.4, -0.2) is 58.6 Å². The Bertz CT molecular complexity index is 1160. The molecule has 1 aromatic heterocycles. The summed E-state index contributed by atoms with van der Waals surface area (Å²) in [7, 11) is 6.29. The van der Waals surface area contributed by atoms with Gasteiger partial charge in [0.25, 0.3) is 5.91 Å². The molecule has 1 aliphatic rings. The molecule has 1 amide bonds. The second-order valence-electron chi connectivity index (χ2n) is 7.71. The standard InChI is InChI=1S/C25H28N2O6S/c1-29-17-8-9-22-19(14-17)26-25(34-22)27(15-18-6-5-11-33-18)23(28)10-7-16-12-20(30-2)24(32-4)21(13-16)31-3/h7-10,12-14,18H,5-6,11,15H2,1-4H3/b10-7+. The third-order valence-corrected chi connectivity index (χ3v) is 6.66. The lowest BCUT2D eigenvalue weighted by molar-refractivity contribution is -0.114. The molecule has 3 aromatic rings. The average Bonchev–Trinajstić information content (AvgIpc) is 3.54. The molecular weight excluding hydrogens is 456 g/mol. The number of nitrogens with zero attached hydrogens (tertiary/aromatic N) is 2. The van der Waals surface area contributed by atoms with E-state index in [1.165, 1.54) is 17.4 Å². The van der Waals surface area contributed by atoms with Crippen LogP contribution in [0.1, 0.15) is 18.4 Å². The van der Waals surface area contributed by atoms with Crippen molar-refractivity contribution in [1.29, 1.82) is 0 Å². The molecule has 0 radical (unpaired) electrons. The summed E-state index contributed by atoms with van der Waals surface area (Å²) >= 11 is 1.47. The predicted octanol–water partition coefficient (Wildman–Crippen LogP) is 4.56. The quantitative estimate of drug-likeness (QED) is 0.412. The molecule has 1 fully saturated rings. The Balaban J connectivity index is 1.64. The van der Waals surface area contributed by atoms with Gasteiger partial charge in [0.05, 0.1) is 51.3 Å². The molecule has 0 saturated carbocycles. The van der Waals surface area contributed by atoms with Crippen molar-refractivity contribution in [3.8, 4) is 23.0 Å². The number of carbonyl (C=O) groups is 1. The van der Waals surface area contributed by atoms with Gasteiger partial charge in [-0.2, -0.15) is 0 Å². The van der Waals surface area contributed by atoms with E-state index < -0.39 is 0 Å². The van der Waals surface area contributed by atoms with Crippen LogP contribution in [0.3, 0.4) is 0 Å². The smallest absolute Gasteiger partial charge is 0.252 e. The second kappa shape index (κ2) is 10.8. The highest BCUT2D eigenvalue weighted by Crippen LogP contribution is 2.38. The minimum Gasteiger partial charge on any atom is -0.497 e. The highest BCUT2D eigenvalue weighted by atomic mass is 32.1. The van der Waals surface area contributed by atoms with Crippen LogP contribution >= 0.6 is 11.3 Å². The Kier molecular flexibility index (Phi) is 7.54. The molecule has 1 aliphatic heterocycles. The van der Waals surface area contributed by atoms with Crippen LogP contribution in [0.25, 0.3) is 16.3 Å². The number of hydrogen-bond acceptors (Lipinski definition) is 8. The second-order valence-corrected chi connectivity index (χ2v) is 8.72. The van der Waals surface area contributed by atoms with Crippen molar-refractivity contribution < 1.29 is 28.5 Å². The van der Waals surface area contributed by atoms with Gasteiger partial charge in [0.1, 0.15) is 5.75 Å². The van der Waals surface area contributed by atoms with E-state index in [-0.39, 0.29) is 12.0 Å². The first-order valence-corrected chi connectivity index (χ1v) is 11.7. The Morgan fingerprint density at radius 2 is 1.88 bits per heavy atom. The summed E-state index contributed by atoms with van der Waals surface area (Å²) in [5, 5.41) is 0.623. The number of amides is 1. The molecule has 4 rings (SSSR count). The van der Waals surface area contributed by atoms with Crippen LogP contribution in [0.5, 0.6) is 23.0 Å². The van der Waals surface area contributed by atoms with Gasteiger partial charge in [-0.3, -0.25) is 9.69 Å². The van der Waals surface area contributed by atoms with E-state index in [0.717, 1.165) is 34.4 Å². The number of ether oxygens (including phenoxy) is 5. The Morgan fingerprint density at radius 1 is 1.12 bits per heavy atom. The van der Waals surface area contributed by atoms with E-state index in [1.54, 1.807) is 51.5 Å². The highest BCUT2D eigenvalue weighted by Gasteiger charge is 2.25. The molecule has 8 nitrogen and oxygen atoms in total. The first kappa shape index (κ1) is 23.8. The molecule has 1 atom stereocenters. The molecule has 0 aliphatic carbocycles. The molecular formula is C25H28N2O6S. The summed E-state index contributed by atoms with van der Waals surface area (Å²) in [5.41, 5.74) is 1.53. The lowest BCUT2D eigenvalue weighted by Gasteiger charge is -2.21. The number of hydrogen-bond donors (Lipinski definition) is 0. The van der Waals surface area contributed by atoms with Crippen molar-refractivity contribution in [1.82, 2.24) is 4.98 Å². The van der Waals surface area contributed by atoms with Crippen LogP contribution < -0.4 is 23.8 Å². The number of thiazole rings is 1. The summed E-state index contributed by atoms with van der Waals surface area (Å²) < 4.78 is 28.3. The Hall–Kier alpha value is -3.30. The normalized spacial score (nSPS) is 15.6. The summed E-state index contributed by atoms with van der Waals surface area (Å²) in [6.07, 6.45) is 5.15. The number of carbonyl (C=O) groups excluding carboxylic acids is 1. The minimum atomic E-state index is -0.185. The molecule has 0 spiro atoms. The maximum absolute atomic E-state index is 13.4. The number of aromatic nitrogens is 1. The van der Waals surface area contributed by atoms with Crippen molar-refractivity contribution >= 4 is 38.7 Å². The van der Waals surface area contributed by atoms with E-state index in [0.29, 0.717) is 35.5 Å². The number of rotatable bonds is 9. The summed E-state index contributed by atoms with van der Waals surface area (Å²) in [6, 6.07) is 9.30. The zero-order chi connectivity index (χ0) is 24.1. The fourth-order valence-electron chi connectivity index (χ4n) is 3.85. The maximum atomic E-state index is 13.4. The molecule has 1 unspecified atom stereocenters. The van der Waals surface area contributed by atoms with Gasteiger partial charge in [-0.05, 0) is 48.7 Å². The zero-order valence-electron chi connectivity index (χ0n) is 19.7. The lowest BCUT2D eigenvalue weighted by Crippen LogP contribution is -2.36. The Labute approximate surface area is 202 Å². The first-order valence-electron chi connectivity index (χ1n) is 10.9. The molecule has 2 heterocycles. The van der Waals surface area contributed by atoms with Crippen LogP contribution in [-0.2, 0) is 9.53 Å². The molecule has 0 N–H and O–H groups in total. The maximum Gasteiger partial charge on any atom is 0.252 e. The fraction of sp³-hybridized carbons (Fsp3) is 0.360. The van der Waals surface area contributed by atoms with Crippen molar-refractivity contribution in [2.75, 3.05) is 46.5 Å². The molecule has 0 bridgehead atoms. The minimum absolute atomic E-state index is 0.0138. The van der Waals surface area contributed by atoms with Crippen LogP contribution in [0.2, 0.25) is 0 Å². The van der Waals surface area contributed by atoms with Crippen molar-refractivity contribution in [3.05, 3.63) is 42.0 Å². The fourth-order valence-corrected chi connectivity index (χ4v) is 4.81. The van der Waals surface area contributed by atoms with Gasteiger partial charge in [0, 0.05) is 18.7 Å². The molecule has 34 heavy (non-hydrogen) atoms. The summed E-state index contributed by atoms with van der Waals surface area (Å²) in [4.78, 5) is 19.8. The van der Waals surface area contributed by atoms with Crippen LogP contribution in [0.4, 0.5) is 5.13 Å². The molecule has 180 valence electrons. The molecule has 1 saturated heterocycles. The highest BCUT2D eigenvalue weighted by molar-refractivity contribution is 7.22. The number of methoxy groups -OCH3 is 4. The predicted molar refractivity (Wildman–Crippen MR) is 133 cm³/mol. The Morgan fingerprint density at radius 3 is 2.50 bits per heavy atom. The van der Waals surface area contributed by atoms with Crippen molar-refractivity contribution in [3.63, 3.8) is 0 Å². The van der Waals surface area contributed by atoms with E-state index >= 15 is 0 Å². The van der Waals surface area contributed by atoms with Gasteiger partial charge in [-0.25, -0.2) is 4.98 Å². The number of benzene rings is 2. The number of fused-ring (bicyclic) bond motifs is 1. The molecule has 9 heteroatoms. The monoisotopic (exact) mass is 484 g/mol. The van der Waals surface area contributed by atoms with Gasteiger partial charge >= 0.3 is 0 Å². The average molecular weight is 485 g/mol. The van der Waals surface area contributed by atoms with Gasteiger partial charge in [0.15, 0.2) is 16.6 Å². The van der Waals surface area contributed by atoms with E-state index in [4.69, 9.17) is 28.7 Å². The van der Waals surface area contributed by atoms with Crippen molar-refractivity contribution in [2.45, 2.75) is 18.9 Å². The van der Waals surface area contributed by atoms with Crippen LogP contribution in [0, 0.1) is 0 Å². The largest absolute Gasteiger partial charge is 0.497 e. The SMILES string of the molecule is COc1ccc2sc(N(CC3CCCO3)C(=O)/C=C/c3cc(OC)c(OC)c(OC)c3)nc2c1. The first-order chi connectivity index (χ1) is 16.6. The van der Waals surface area contributed by atoms with Gasteiger partial charge < -0.3 is 23.7 Å². The van der Waals surface area contributed by atoms with Crippen LogP contribution in [0.15, 0.2) is 36.4 Å². The van der Waals surface area contributed by atoms with Gasteiger partial charge in [-0.1, -0.05) is 11.3 Å². The van der Waals surface area contributed by atoms with Gasteiger partial charge in [0.2, 0.25) is 5.75 Å². The lowest BCUT2D eigenvalue weighted by atomic mass is 10.1. The van der Waals surface area contributed by atoms with Crippen molar-refractivity contribution in [2.24, 2.45) is 0 Å².